The zero-order valence-corrected chi connectivity index (χ0v) is 11.1. The first-order valence-electron chi connectivity index (χ1n) is 4.74. The summed E-state index contributed by atoms with van der Waals surface area (Å²) in [7, 11) is 0. The molecule has 1 aromatic carbocycles. The Morgan fingerprint density at radius 2 is 2.06 bits per heavy atom. The average molecular weight is 296 g/mol. The number of nitrogen functional groups attached to an aromatic ring is 1. The van der Waals surface area contributed by atoms with Gasteiger partial charge in [0.25, 0.3) is 0 Å². The number of anilines is 1. The van der Waals surface area contributed by atoms with Gasteiger partial charge in [0.2, 0.25) is 5.78 Å². The van der Waals surface area contributed by atoms with Crippen molar-refractivity contribution in [3.05, 3.63) is 50.1 Å². The third-order valence-corrected chi connectivity index (χ3v) is 3.95. The molecular weight excluding hydrogens is 286 g/mol. The van der Waals surface area contributed by atoms with Crippen LogP contribution < -0.4 is 5.73 Å². The van der Waals surface area contributed by atoms with Crippen LogP contribution in [0.2, 0.25) is 0 Å². The van der Waals surface area contributed by atoms with E-state index in [9.17, 15) is 4.79 Å². The van der Waals surface area contributed by atoms with Crippen molar-refractivity contribution in [2.75, 3.05) is 5.73 Å². The van der Waals surface area contributed by atoms with Crippen LogP contribution in [-0.4, -0.2) is 5.78 Å². The van der Waals surface area contributed by atoms with Crippen LogP contribution in [0.1, 0.15) is 20.8 Å². The van der Waals surface area contributed by atoms with Gasteiger partial charge in [-0.15, -0.1) is 11.3 Å². The fourth-order valence-corrected chi connectivity index (χ4v) is 2.89. The van der Waals surface area contributed by atoms with E-state index in [1.807, 2.05) is 31.2 Å². The molecule has 1 heterocycles. The Labute approximate surface area is 106 Å². The van der Waals surface area contributed by atoms with E-state index in [4.69, 9.17) is 5.73 Å². The summed E-state index contributed by atoms with van der Waals surface area (Å²) in [5.41, 5.74) is 7.89. The van der Waals surface area contributed by atoms with E-state index in [2.05, 4.69) is 15.9 Å². The maximum Gasteiger partial charge on any atom is 0.205 e. The number of carbonyl (C=O) groups excluding carboxylic acids is 1. The Kier molecular flexibility index (Phi) is 3.12. The number of hydrogen-bond donors (Lipinski definition) is 1. The molecule has 2 N–H and O–H groups in total. The number of ketones is 1. The largest absolute Gasteiger partial charge is 0.398 e. The van der Waals surface area contributed by atoms with Gasteiger partial charge in [0.05, 0.1) is 8.66 Å². The molecule has 0 amide bonds. The minimum Gasteiger partial charge on any atom is -0.398 e. The average Bonchev–Trinajstić information content (AvgIpc) is 2.64. The van der Waals surface area contributed by atoms with Crippen molar-refractivity contribution < 1.29 is 4.79 Å². The minimum absolute atomic E-state index is 0.00806. The van der Waals surface area contributed by atoms with Crippen LogP contribution in [0.25, 0.3) is 0 Å². The molecule has 0 saturated heterocycles. The van der Waals surface area contributed by atoms with Gasteiger partial charge in [0, 0.05) is 11.3 Å². The zero-order valence-electron chi connectivity index (χ0n) is 8.66. The summed E-state index contributed by atoms with van der Waals surface area (Å²) >= 11 is 4.76. The van der Waals surface area contributed by atoms with E-state index in [1.54, 1.807) is 6.07 Å². The molecule has 0 bridgehead atoms. The Morgan fingerprint density at radius 3 is 2.62 bits per heavy atom. The molecule has 0 aliphatic carbocycles. The van der Waals surface area contributed by atoms with Gasteiger partial charge in [0.15, 0.2) is 0 Å². The number of nitrogens with two attached hydrogens (primary N) is 1. The van der Waals surface area contributed by atoms with Crippen molar-refractivity contribution in [2.24, 2.45) is 0 Å². The Bertz CT molecular complexity index is 527. The van der Waals surface area contributed by atoms with Crippen molar-refractivity contribution in [1.82, 2.24) is 0 Å². The highest BCUT2D eigenvalue weighted by Gasteiger charge is 2.16. The zero-order chi connectivity index (χ0) is 11.7. The van der Waals surface area contributed by atoms with Crippen molar-refractivity contribution in [1.29, 1.82) is 0 Å². The van der Waals surface area contributed by atoms with E-state index in [0.29, 0.717) is 16.1 Å². The summed E-state index contributed by atoms with van der Waals surface area (Å²) < 4.78 is 0.947. The Morgan fingerprint density at radius 1 is 1.31 bits per heavy atom. The minimum atomic E-state index is -0.00806. The maximum atomic E-state index is 12.2. The van der Waals surface area contributed by atoms with Crippen LogP contribution in [0, 0.1) is 6.92 Å². The first kappa shape index (κ1) is 11.4. The lowest BCUT2D eigenvalue weighted by molar-refractivity contribution is 0.104. The number of halogens is 1. The molecule has 4 heteroatoms. The van der Waals surface area contributed by atoms with Gasteiger partial charge in [-0.3, -0.25) is 4.79 Å². The summed E-state index contributed by atoms with van der Waals surface area (Å²) in [4.78, 5) is 12.9. The van der Waals surface area contributed by atoms with Crippen molar-refractivity contribution in [3.63, 3.8) is 0 Å². The van der Waals surface area contributed by atoms with E-state index >= 15 is 0 Å². The van der Waals surface area contributed by atoms with Crippen LogP contribution >= 0.6 is 27.3 Å². The lowest BCUT2D eigenvalue weighted by Gasteiger charge is -2.06. The third-order valence-electron chi connectivity index (χ3n) is 2.33. The van der Waals surface area contributed by atoms with E-state index in [-0.39, 0.29) is 5.78 Å². The molecule has 0 fully saturated rings. The lowest BCUT2D eigenvalue weighted by Crippen LogP contribution is -2.05. The highest BCUT2D eigenvalue weighted by atomic mass is 79.9. The molecule has 0 radical (unpaired) electrons. The van der Waals surface area contributed by atoms with Crippen LogP contribution in [0.3, 0.4) is 0 Å². The third kappa shape index (κ3) is 2.03. The molecule has 2 nitrogen and oxygen atoms in total. The Hall–Kier alpha value is -1.13. The van der Waals surface area contributed by atoms with Gasteiger partial charge >= 0.3 is 0 Å². The van der Waals surface area contributed by atoms with Crippen molar-refractivity contribution >= 4 is 38.7 Å². The van der Waals surface area contributed by atoms with Gasteiger partial charge in [-0.2, -0.15) is 0 Å². The molecule has 2 rings (SSSR count). The van der Waals surface area contributed by atoms with E-state index in [1.165, 1.54) is 11.3 Å². The lowest BCUT2D eigenvalue weighted by atomic mass is 10.0. The van der Waals surface area contributed by atoms with Gasteiger partial charge in [-0.1, -0.05) is 12.1 Å². The number of aryl methyl sites for hydroxylation is 1. The first-order chi connectivity index (χ1) is 7.59. The molecule has 0 aliphatic heterocycles. The van der Waals surface area contributed by atoms with Crippen LogP contribution in [0.4, 0.5) is 5.69 Å². The first-order valence-corrected chi connectivity index (χ1v) is 6.35. The van der Waals surface area contributed by atoms with Crippen LogP contribution in [-0.2, 0) is 0 Å². The second-order valence-corrected chi connectivity index (χ2v) is 5.94. The number of benzene rings is 1. The molecule has 2 aromatic rings. The summed E-state index contributed by atoms with van der Waals surface area (Å²) in [6.07, 6.45) is 0. The standard InChI is InChI=1S/C12H10BrNOS/c1-7-3-2-4-8(14)11(7)12(15)9-5-6-10(13)16-9/h2-6H,14H2,1H3. The summed E-state index contributed by atoms with van der Waals surface area (Å²) in [6.45, 7) is 1.90. The van der Waals surface area contributed by atoms with E-state index in [0.717, 1.165) is 9.35 Å². The summed E-state index contributed by atoms with van der Waals surface area (Å²) in [5, 5.41) is 0. The quantitative estimate of drug-likeness (QED) is 0.679. The monoisotopic (exact) mass is 295 g/mol. The SMILES string of the molecule is Cc1cccc(N)c1C(=O)c1ccc(Br)s1. The fraction of sp³-hybridized carbons (Fsp3) is 0.0833. The van der Waals surface area contributed by atoms with Gasteiger partial charge in [-0.25, -0.2) is 0 Å². The predicted molar refractivity (Wildman–Crippen MR) is 71.0 cm³/mol. The molecule has 82 valence electrons. The second-order valence-electron chi connectivity index (χ2n) is 3.47. The molecule has 1 aromatic heterocycles. The van der Waals surface area contributed by atoms with E-state index < -0.39 is 0 Å². The molecule has 0 unspecified atom stereocenters. The second kappa shape index (κ2) is 4.39. The number of thiophene rings is 1. The predicted octanol–water partition coefficient (Wildman–Crippen LogP) is 3.63. The molecule has 0 aliphatic rings. The van der Waals surface area contributed by atoms with Crippen molar-refractivity contribution in [2.45, 2.75) is 6.92 Å². The molecule has 0 saturated carbocycles. The smallest absolute Gasteiger partial charge is 0.205 e. The number of hydrogen-bond acceptors (Lipinski definition) is 3. The summed E-state index contributed by atoms with van der Waals surface area (Å²) in [6, 6.07) is 9.18. The van der Waals surface area contributed by atoms with Crippen LogP contribution in [0.15, 0.2) is 34.1 Å². The number of rotatable bonds is 2. The van der Waals surface area contributed by atoms with Crippen LogP contribution in [0.5, 0.6) is 0 Å². The molecule has 0 spiro atoms. The normalized spacial score (nSPS) is 10.4. The van der Waals surface area contributed by atoms with Crippen molar-refractivity contribution in [3.8, 4) is 0 Å². The Balaban J connectivity index is 2.49. The summed E-state index contributed by atoms with van der Waals surface area (Å²) in [5.74, 6) is -0.00806. The molecule has 0 atom stereocenters. The van der Waals surface area contributed by atoms with Gasteiger partial charge in [-0.05, 0) is 46.6 Å². The van der Waals surface area contributed by atoms with Gasteiger partial charge in [0.1, 0.15) is 0 Å². The fourth-order valence-electron chi connectivity index (χ4n) is 1.56. The maximum absolute atomic E-state index is 12.2. The topological polar surface area (TPSA) is 43.1 Å². The highest BCUT2D eigenvalue weighted by molar-refractivity contribution is 9.11. The molecule has 16 heavy (non-hydrogen) atoms. The highest BCUT2D eigenvalue weighted by Crippen LogP contribution is 2.27. The molecular formula is C12H10BrNOS. The van der Waals surface area contributed by atoms with Gasteiger partial charge < -0.3 is 5.73 Å². The number of carbonyl (C=O) groups is 1.